The van der Waals surface area contributed by atoms with Crippen LogP contribution in [0.5, 0.6) is 11.5 Å². The van der Waals surface area contributed by atoms with Crippen LogP contribution in [0.15, 0.2) is 72.8 Å². The van der Waals surface area contributed by atoms with Crippen molar-refractivity contribution in [3.05, 3.63) is 82.8 Å². The van der Waals surface area contributed by atoms with Gasteiger partial charge in [0.25, 0.3) is 0 Å². The fraction of sp³-hybridized carbons (Fsp3) is 0.200. The van der Waals surface area contributed by atoms with E-state index in [9.17, 15) is 9.59 Å². The van der Waals surface area contributed by atoms with Crippen LogP contribution in [0.4, 0.5) is 21.0 Å². The summed E-state index contributed by atoms with van der Waals surface area (Å²) in [5.74, 6) is 1.37. The summed E-state index contributed by atoms with van der Waals surface area (Å²) in [4.78, 5) is 26.3. The number of carbonyl (C=O) groups is 2. The number of rotatable bonds is 9. The van der Waals surface area contributed by atoms with Crippen LogP contribution in [0.25, 0.3) is 0 Å². The van der Waals surface area contributed by atoms with Crippen molar-refractivity contribution in [3.8, 4) is 11.5 Å². The van der Waals surface area contributed by atoms with Gasteiger partial charge in [0, 0.05) is 31.0 Å². The second-order valence-corrected chi connectivity index (χ2v) is 8.07. The Bertz CT molecular complexity index is 1100. The average molecular weight is 501 g/mol. The number of benzene rings is 3. The van der Waals surface area contributed by atoms with Crippen molar-refractivity contribution in [1.29, 1.82) is 0 Å². The van der Waals surface area contributed by atoms with Gasteiger partial charge in [-0.3, -0.25) is 4.90 Å². The molecule has 0 saturated carbocycles. The first kappa shape index (κ1) is 25.2. The predicted octanol–water partition coefficient (Wildman–Crippen LogP) is 6.53. The molecule has 3 aromatic rings. The zero-order chi connectivity index (χ0) is 24.3. The van der Waals surface area contributed by atoms with E-state index in [0.717, 1.165) is 5.75 Å². The largest absolute Gasteiger partial charge is 0.457 e. The van der Waals surface area contributed by atoms with Crippen LogP contribution in [0.3, 0.4) is 0 Å². The maximum Gasteiger partial charge on any atom is 0.326 e. The molecule has 0 aromatic heterocycles. The Labute approximate surface area is 209 Å². The molecular formula is C25H26Cl2N4O3. The molecule has 0 aliphatic heterocycles. The summed E-state index contributed by atoms with van der Waals surface area (Å²) in [6, 6.07) is 21.0. The second kappa shape index (κ2) is 12.7. The number of anilines is 2. The van der Waals surface area contributed by atoms with E-state index in [2.05, 4.69) is 16.0 Å². The molecule has 4 amide bonds. The van der Waals surface area contributed by atoms with Crippen LogP contribution in [0, 0.1) is 0 Å². The molecule has 34 heavy (non-hydrogen) atoms. The minimum atomic E-state index is -0.340. The molecule has 0 aliphatic rings. The Morgan fingerprint density at radius 2 is 1.59 bits per heavy atom. The first-order valence-corrected chi connectivity index (χ1v) is 11.6. The highest BCUT2D eigenvalue weighted by atomic mass is 35.5. The summed E-state index contributed by atoms with van der Waals surface area (Å²) >= 11 is 12.1. The highest BCUT2D eigenvalue weighted by Gasteiger charge is 2.17. The lowest BCUT2D eigenvalue weighted by Gasteiger charge is -2.24. The third-order valence-corrected chi connectivity index (χ3v) is 5.46. The van der Waals surface area contributed by atoms with Crippen LogP contribution in [0.2, 0.25) is 10.0 Å². The van der Waals surface area contributed by atoms with Gasteiger partial charge in [-0.05, 0) is 67.9 Å². The summed E-state index contributed by atoms with van der Waals surface area (Å²) in [5, 5.41) is 9.04. The average Bonchev–Trinajstić information content (AvgIpc) is 2.83. The van der Waals surface area contributed by atoms with E-state index in [1.54, 1.807) is 35.2 Å². The molecule has 0 unspecified atom stereocenters. The fourth-order valence-corrected chi connectivity index (χ4v) is 3.39. The van der Waals surface area contributed by atoms with E-state index in [4.69, 9.17) is 27.9 Å². The van der Waals surface area contributed by atoms with Gasteiger partial charge in [0.15, 0.2) is 0 Å². The third-order valence-electron chi connectivity index (χ3n) is 4.72. The molecule has 0 atom stereocenters. The Balaban J connectivity index is 1.71. The van der Waals surface area contributed by atoms with Gasteiger partial charge in [0.1, 0.15) is 11.5 Å². The molecule has 7 nitrogen and oxygen atoms in total. The number of para-hydroxylation sites is 1. The van der Waals surface area contributed by atoms with Crippen molar-refractivity contribution in [1.82, 2.24) is 10.6 Å². The fourth-order valence-electron chi connectivity index (χ4n) is 3.09. The van der Waals surface area contributed by atoms with Crippen molar-refractivity contribution in [2.45, 2.75) is 13.3 Å². The van der Waals surface area contributed by atoms with Crippen LogP contribution in [0.1, 0.15) is 13.3 Å². The van der Waals surface area contributed by atoms with Gasteiger partial charge >= 0.3 is 12.1 Å². The predicted molar refractivity (Wildman–Crippen MR) is 137 cm³/mol. The number of amides is 4. The zero-order valence-electron chi connectivity index (χ0n) is 18.7. The van der Waals surface area contributed by atoms with Gasteiger partial charge in [0.05, 0.1) is 10.0 Å². The Kier molecular flexibility index (Phi) is 9.43. The van der Waals surface area contributed by atoms with Crippen molar-refractivity contribution >= 4 is 46.6 Å². The number of halogens is 2. The van der Waals surface area contributed by atoms with E-state index in [0.29, 0.717) is 53.2 Å². The summed E-state index contributed by atoms with van der Waals surface area (Å²) < 4.78 is 5.84. The van der Waals surface area contributed by atoms with Crippen LogP contribution in [-0.4, -0.2) is 31.7 Å². The van der Waals surface area contributed by atoms with Gasteiger partial charge in [0.2, 0.25) is 0 Å². The van der Waals surface area contributed by atoms with E-state index >= 15 is 0 Å². The molecule has 3 N–H and O–H groups in total. The Morgan fingerprint density at radius 3 is 2.26 bits per heavy atom. The first-order chi connectivity index (χ1) is 16.5. The van der Waals surface area contributed by atoms with Gasteiger partial charge in [-0.25, -0.2) is 9.59 Å². The number of ether oxygens (including phenoxy) is 1. The maximum atomic E-state index is 13.1. The second-order valence-electron chi connectivity index (χ2n) is 7.26. The van der Waals surface area contributed by atoms with E-state index in [1.807, 2.05) is 49.4 Å². The van der Waals surface area contributed by atoms with Crippen molar-refractivity contribution in [2.75, 3.05) is 29.9 Å². The highest BCUT2D eigenvalue weighted by molar-refractivity contribution is 6.42. The Morgan fingerprint density at radius 1 is 0.882 bits per heavy atom. The highest BCUT2D eigenvalue weighted by Crippen LogP contribution is 2.27. The van der Waals surface area contributed by atoms with Gasteiger partial charge in [-0.15, -0.1) is 0 Å². The summed E-state index contributed by atoms with van der Waals surface area (Å²) in [7, 11) is 0. The smallest absolute Gasteiger partial charge is 0.326 e. The molecule has 178 valence electrons. The van der Waals surface area contributed by atoms with Crippen LogP contribution >= 0.6 is 23.2 Å². The number of hydrogen-bond donors (Lipinski definition) is 3. The molecule has 0 aliphatic carbocycles. The third kappa shape index (κ3) is 7.57. The lowest BCUT2D eigenvalue weighted by Crippen LogP contribution is -2.39. The summed E-state index contributed by atoms with van der Waals surface area (Å²) in [6.45, 7) is 3.18. The number of nitrogens with one attached hydrogen (secondary N) is 3. The number of hydrogen-bond acceptors (Lipinski definition) is 3. The van der Waals surface area contributed by atoms with Crippen LogP contribution in [-0.2, 0) is 0 Å². The molecule has 0 radical (unpaired) electrons. The maximum absolute atomic E-state index is 13.1. The quantitative estimate of drug-likeness (QED) is 0.292. The normalized spacial score (nSPS) is 10.3. The Hall–Kier alpha value is -3.42. The molecule has 3 rings (SSSR count). The van der Waals surface area contributed by atoms with Crippen molar-refractivity contribution in [3.63, 3.8) is 0 Å². The minimum Gasteiger partial charge on any atom is -0.457 e. The minimum absolute atomic E-state index is 0.239. The van der Waals surface area contributed by atoms with E-state index in [1.165, 1.54) is 0 Å². The van der Waals surface area contributed by atoms with Crippen LogP contribution < -0.4 is 25.6 Å². The monoisotopic (exact) mass is 500 g/mol. The molecule has 0 bridgehead atoms. The van der Waals surface area contributed by atoms with Gasteiger partial charge in [-0.2, -0.15) is 0 Å². The lowest BCUT2D eigenvalue weighted by molar-refractivity contribution is 0.241. The van der Waals surface area contributed by atoms with E-state index < -0.39 is 0 Å². The summed E-state index contributed by atoms with van der Waals surface area (Å²) in [6.07, 6.45) is 0.550. The number of urea groups is 2. The van der Waals surface area contributed by atoms with E-state index in [-0.39, 0.29) is 12.1 Å². The molecule has 0 spiro atoms. The topological polar surface area (TPSA) is 82.7 Å². The molecule has 3 aromatic carbocycles. The molecule has 0 saturated heterocycles. The zero-order valence-corrected chi connectivity index (χ0v) is 20.2. The van der Waals surface area contributed by atoms with Crippen molar-refractivity contribution < 1.29 is 14.3 Å². The molecule has 0 fully saturated rings. The number of carbonyl (C=O) groups excluding carboxylic acids is 2. The first-order valence-electron chi connectivity index (χ1n) is 10.8. The molecule has 0 heterocycles. The van der Waals surface area contributed by atoms with Crippen molar-refractivity contribution in [2.24, 2.45) is 0 Å². The number of nitrogens with zero attached hydrogens (tertiary/aromatic N) is 1. The SMILES string of the molecule is CCNC(=O)NCCCN(C(=O)Nc1ccc(Cl)c(Cl)c1)c1ccc(Oc2ccccc2)cc1. The van der Waals surface area contributed by atoms with Gasteiger partial charge < -0.3 is 20.7 Å². The molecule has 9 heteroatoms. The van der Waals surface area contributed by atoms with Gasteiger partial charge in [-0.1, -0.05) is 41.4 Å². The standard InChI is InChI=1S/C25H26Cl2N4O3/c1-2-28-24(32)29-15-6-16-31(25(33)30-18-9-14-22(26)23(27)17-18)19-10-12-21(13-11-19)34-20-7-4-3-5-8-20/h3-5,7-14,17H,2,6,15-16H2,1H3,(H,30,33)(H2,28,29,32). The molecular weight excluding hydrogens is 475 g/mol. The summed E-state index contributed by atoms with van der Waals surface area (Å²) in [5.41, 5.74) is 1.20. The lowest BCUT2D eigenvalue weighted by atomic mass is 10.2.